The molecule has 2 aliphatic rings. The highest BCUT2D eigenvalue weighted by atomic mass is 16.5. The second kappa shape index (κ2) is 7.73. The molecule has 4 rings (SSSR count). The van der Waals surface area contributed by atoms with Crippen LogP contribution in [-0.4, -0.2) is 66.4 Å². The third-order valence-electron chi connectivity index (χ3n) is 5.54. The van der Waals surface area contributed by atoms with Crippen LogP contribution in [0, 0.1) is 0 Å². The molecule has 0 aliphatic carbocycles. The number of aliphatic hydroxyl groups is 1. The molecule has 134 valence electrons. The number of hydrogen-bond acceptors (Lipinski definition) is 4. The van der Waals surface area contributed by atoms with Crippen molar-refractivity contribution >= 4 is 10.8 Å². The molecular formula is C21H28N2O2. The van der Waals surface area contributed by atoms with Gasteiger partial charge in [0.1, 0.15) is 18.5 Å². The van der Waals surface area contributed by atoms with Crippen LogP contribution in [0.25, 0.3) is 10.8 Å². The summed E-state index contributed by atoms with van der Waals surface area (Å²) >= 11 is 0. The standard InChI is InChI=1S/C21H28N2O2/c24-19(15-22-11-5-13-23-12-4-8-18(23)14-22)16-25-21-10-3-7-17-6-1-2-9-20(17)21/h1-3,6-7,9-10,18-19,24H,4-5,8,11-16H2/t18-,19+/m1/s1. The molecule has 0 saturated carbocycles. The van der Waals surface area contributed by atoms with Gasteiger partial charge in [-0.05, 0) is 50.3 Å². The molecular weight excluding hydrogens is 312 g/mol. The predicted molar refractivity (Wildman–Crippen MR) is 101 cm³/mol. The minimum absolute atomic E-state index is 0.346. The van der Waals surface area contributed by atoms with Crippen LogP contribution in [0.15, 0.2) is 42.5 Å². The molecule has 0 unspecified atom stereocenters. The van der Waals surface area contributed by atoms with Crippen molar-refractivity contribution in [3.63, 3.8) is 0 Å². The lowest BCUT2D eigenvalue weighted by atomic mass is 10.1. The van der Waals surface area contributed by atoms with E-state index in [1.54, 1.807) is 0 Å². The van der Waals surface area contributed by atoms with Crippen LogP contribution in [-0.2, 0) is 0 Å². The molecule has 0 spiro atoms. The molecule has 2 aromatic carbocycles. The Hall–Kier alpha value is -1.62. The molecule has 2 aliphatic heterocycles. The molecule has 2 aromatic rings. The highest BCUT2D eigenvalue weighted by molar-refractivity contribution is 5.88. The number of nitrogens with zero attached hydrogens (tertiary/aromatic N) is 2. The molecule has 2 atom stereocenters. The van der Waals surface area contributed by atoms with E-state index in [0.29, 0.717) is 19.2 Å². The van der Waals surface area contributed by atoms with Crippen molar-refractivity contribution in [2.24, 2.45) is 0 Å². The van der Waals surface area contributed by atoms with Crippen molar-refractivity contribution in [2.45, 2.75) is 31.4 Å². The van der Waals surface area contributed by atoms with Crippen molar-refractivity contribution < 1.29 is 9.84 Å². The molecule has 25 heavy (non-hydrogen) atoms. The zero-order chi connectivity index (χ0) is 17.1. The van der Waals surface area contributed by atoms with Gasteiger partial charge in [0, 0.05) is 24.5 Å². The van der Waals surface area contributed by atoms with Gasteiger partial charge in [0.15, 0.2) is 0 Å². The molecule has 0 bridgehead atoms. The van der Waals surface area contributed by atoms with Gasteiger partial charge >= 0.3 is 0 Å². The zero-order valence-corrected chi connectivity index (χ0v) is 14.8. The Balaban J connectivity index is 1.33. The van der Waals surface area contributed by atoms with E-state index in [4.69, 9.17) is 4.74 Å². The summed E-state index contributed by atoms with van der Waals surface area (Å²) in [6, 6.07) is 15.0. The minimum Gasteiger partial charge on any atom is -0.490 e. The Morgan fingerprint density at radius 1 is 1.04 bits per heavy atom. The largest absolute Gasteiger partial charge is 0.490 e. The molecule has 4 nitrogen and oxygen atoms in total. The lowest BCUT2D eigenvalue weighted by Crippen LogP contribution is -2.41. The molecule has 0 amide bonds. The third kappa shape index (κ3) is 3.97. The molecule has 0 radical (unpaired) electrons. The maximum Gasteiger partial charge on any atom is 0.127 e. The van der Waals surface area contributed by atoms with E-state index in [1.807, 2.05) is 24.3 Å². The number of rotatable bonds is 5. The number of benzene rings is 2. The second-order valence-corrected chi connectivity index (χ2v) is 7.39. The van der Waals surface area contributed by atoms with Crippen LogP contribution < -0.4 is 4.74 Å². The van der Waals surface area contributed by atoms with Crippen molar-refractivity contribution in [3.8, 4) is 5.75 Å². The molecule has 1 N–H and O–H groups in total. The smallest absolute Gasteiger partial charge is 0.127 e. The average molecular weight is 340 g/mol. The maximum absolute atomic E-state index is 10.5. The van der Waals surface area contributed by atoms with Gasteiger partial charge in [-0.2, -0.15) is 0 Å². The first-order chi connectivity index (χ1) is 12.3. The topological polar surface area (TPSA) is 35.9 Å². The summed E-state index contributed by atoms with van der Waals surface area (Å²) in [5, 5.41) is 12.8. The summed E-state index contributed by atoms with van der Waals surface area (Å²) in [5.74, 6) is 0.856. The maximum atomic E-state index is 10.5. The van der Waals surface area contributed by atoms with Crippen LogP contribution in [0.5, 0.6) is 5.75 Å². The Bertz CT molecular complexity index is 700. The van der Waals surface area contributed by atoms with Gasteiger partial charge in [0.05, 0.1) is 0 Å². The first-order valence-electron chi connectivity index (χ1n) is 9.54. The Morgan fingerprint density at radius 2 is 1.88 bits per heavy atom. The fourth-order valence-electron chi connectivity index (χ4n) is 4.31. The number of hydrogen-bond donors (Lipinski definition) is 1. The zero-order valence-electron chi connectivity index (χ0n) is 14.8. The van der Waals surface area contributed by atoms with Gasteiger partial charge < -0.3 is 9.84 Å². The first kappa shape index (κ1) is 16.8. The third-order valence-corrected chi connectivity index (χ3v) is 5.54. The lowest BCUT2D eigenvalue weighted by molar-refractivity contribution is 0.0663. The van der Waals surface area contributed by atoms with Gasteiger partial charge in [0.2, 0.25) is 0 Å². The van der Waals surface area contributed by atoms with Crippen LogP contribution in [0.3, 0.4) is 0 Å². The molecule has 2 saturated heterocycles. The van der Waals surface area contributed by atoms with Gasteiger partial charge in [-0.1, -0.05) is 36.4 Å². The Labute approximate surface area is 150 Å². The summed E-state index contributed by atoms with van der Waals surface area (Å²) < 4.78 is 5.95. The van der Waals surface area contributed by atoms with Gasteiger partial charge in [0.25, 0.3) is 0 Å². The van der Waals surface area contributed by atoms with E-state index in [-0.39, 0.29) is 0 Å². The van der Waals surface area contributed by atoms with Gasteiger partial charge in [-0.15, -0.1) is 0 Å². The molecule has 2 heterocycles. The highest BCUT2D eigenvalue weighted by Gasteiger charge is 2.29. The van der Waals surface area contributed by atoms with Crippen LogP contribution in [0.1, 0.15) is 19.3 Å². The van der Waals surface area contributed by atoms with Crippen molar-refractivity contribution in [1.29, 1.82) is 0 Å². The van der Waals surface area contributed by atoms with E-state index < -0.39 is 6.10 Å². The quantitative estimate of drug-likeness (QED) is 0.908. The summed E-state index contributed by atoms with van der Waals surface area (Å²) in [4.78, 5) is 5.05. The molecule has 4 heteroatoms. The Morgan fingerprint density at radius 3 is 2.84 bits per heavy atom. The fraction of sp³-hybridized carbons (Fsp3) is 0.524. The fourth-order valence-corrected chi connectivity index (χ4v) is 4.31. The monoisotopic (exact) mass is 340 g/mol. The number of β-amino-alcohol motifs (C(OH)–C–C–N with tert-alkyl or cyclic N) is 1. The predicted octanol–water partition coefficient (Wildman–Crippen LogP) is 2.75. The summed E-state index contributed by atoms with van der Waals surface area (Å²) in [5.41, 5.74) is 0. The van der Waals surface area contributed by atoms with Crippen molar-refractivity contribution in [3.05, 3.63) is 42.5 Å². The SMILES string of the molecule is O[C@H](COc1cccc2ccccc12)CN1CCCN2CCC[C@@H]2C1. The number of ether oxygens (including phenoxy) is 1. The molecule has 0 aromatic heterocycles. The van der Waals surface area contributed by atoms with Crippen LogP contribution in [0.4, 0.5) is 0 Å². The first-order valence-corrected chi connectivity index (χ1v) is 9.54. The van der Waals surface area contributed by atoms with E-state index in [0.717, 1.165) is 24.2 Å². The minimum atomic E-state index is -0.452. The van der Waals surface area contributed by atoms with E-state index >= 15 is 0 Å². The van der Waals surface area contributed by atoms with Crippen LogP contribution >= 0.6 is 0 Å². The summed E-state index contributed by atoms with van der Waals surface area (Å²) in [6.07, 6.45) is 3.38. The van der Waals surface area contributed by atoms with Crippen molar-refractivity contribution in [1.82, 2.24) is 9.80 Å². The normalized spacial score (nSPS) is 23.3. The van der Waals surface area contributed by atoms with Gasteiger partial charge in [-0.3, -0.25) is 9.80 Å². The van der Waals surface area contributed by atoms with Gasteiger partial charge in [-0.25, -0.2) is 0 Å². The summed E-state index contributed by atoms with van der Waals surface area (Å²) in [6.45, 7) is 5.69. The average Bonchev–Trinajstić information content (AvgIpc) is 2.98. The Kier molecular flexibility index (Phi) is 5.20. The van der Waals surface area contributed by atoms with E-state index in [1.165, 1.54) is 37.7 Å². The van der Waals surface area contributed by atoms with Crippen molar-refractivity contribution in [2.75, 3.05) is 39.3 Å². The lowest BCUT2D eigenvalue weighted by Gasteiger charge is -2.27. The van der Waals surface area contributed by atoms with E-state index in [9.17, 15) is 5.11 Å². The second-order valence-electron chi connectivity index (χ2n) is 7.39. The number of aliphatic hydroxyl groups excluding tert-OH is 1. The van der Waals surface area contributed by atoms with Crippen LogP contribution in [0.2, 0.25) is 0 Å². The van der Waals surface area contributed by atoms with E-state index in [2.05, 4.69) is 28.0 Å². The highest BCUT2D eigenvalue weighted by Crippen LogP contribution is 2.25. The summed E-state index contributed by atoms with van der Waals surface area (Å²) in [7, 11) is 0. The number of fused-ring (bicyclic) bond motifs is 2. The molecule has 2 fully saturated rings.